The van der Waals surface area contributed by atoms with Gasteiger partial charge in [-0.1, -0.05) is 30.3 Å². The van der Waals surface area contributed by atoms with Gasteiger partial charge in [0.25, 0.3) is 0 Å². The first-order chi connectivity index (χ1) is 6.36. The summed E-state index contributed by atoms with van der Waals surface area (Å²) in [7, 11) is 0. The van der Waals surface area contributed by atoms with Crippen molar-refractivity contribution < 1.29 is 4.79 Å². The number of Topliss-reactive ketones (excluding diaryl/α,β-unsaturated/α-hetero) is 1. The van der Waals surface area contributed by atoms with Crippen LogP contribution >= 0.6 is 0 Å². The van der Waals surface area contributed by atoms with Gasteiger partial charge in [0.15, 0.2) is 0 Å². The van der Waals surface area contributed by atoms with E-state index < -0.39 is 0 Å². The molecule has 3 atom stereocenters. The average molecular weight is 172 g/mol. The van der Waals surface area contributed by atoms with Crippen LogP contribution in [0.15, 0.2) is 30.3 Å². The highest BCUT2D eigenvalue weighted by molar-refractivity contribution is 5.88. The molecule has 0 aliphatic heterocycles. The van der Waals surface area contributed by atoms with Gasteiger partial charge in [-0.3, -0.25) is 4.79 Å². The van der Waals surface area contributed by atoms with Gasteiger partial charge >= 0.3 is 0 Å². The number of carbonyl (C=O) groups is 1. The fraction of sp³-hybridized carbons (Fsp3) is 0.417. The van der Waals surface area contributed by atoms with Crippen molar-refractivity contribution in [3.63, 3.8) is 0 Å². The highest BCUT2D eigenvalue weighted by Crippen LogP contribution is 2.57. The first kappa shape index (κ1) is 7.31. The van der Waals surface area contributed by atoms with Gasteiger partial charge in [-0.25, -0.2) is 0 Å². The van der Waals surface area contributed by atoms with Crippen molar-refractivity contribution >= 4 is 5.78 Å². The molecular formula is C12H12O. The molecule has 2 aliphatic carbocycles. The Balaban J connectivity index is 1.91. The number of carbonyl (C=O) groups excluding carboxylic acids is 1. The maximum absolute atomic E-state index is 11.4. The average Bonchev–Trinajstić information content (AvgIpc) is 2.89. The van der Waals surface area contributed by atoms with Gasteiger partial charge in [-0.2, -0.15) is 0 Å². The van der Waals surface area contributed by atoms with Crippen molar-refractivity contribution in [3.05, 3.63) is 35.9 Å². The third-order valence-electron chi connectivity index (χ3n) is 3.42. The van der Waals surface area contributed by atoms with Crippen molar-refractivity contribution in [2.45, 2.75) is 18.8 Å². The number of ketones is 1. The van der Waals surface area contributed by atoms with Crippen molar-refractivity contribution in [2.24, 2.45) is 11.8 Å². The fourth-order valence-electron chi connectivity index (χ4n) is 2.61. The lowest BCUT2D eigenvalue weighted by molar-refractivity contribution is -0.119. The summed E-state index contributed by atoms with van der Waals surface area (Å²) in [6, 6.07) is 10.5. The van der Waals surface area contributed by atoms with Crippen LogP contribution in [0.5, 0.6) is 0 Å². The Kier molecular flexibility index (Phi) is 1.37. The van der Waals surface area contributed by atoms with Gasteiger partial charge in [0.05, 0.1) is 0 Å². The van der Waals surface area contributed by atoms with E-state index in [9.17, 15) is 4.79 Å². The second-order valence-electron chi connectivity index (χ2n) is 4.19. The minimum Gasteiger partial charge on any atom is -0.299 e. The monoisotopic (exact) mass is 172 g/mol. The van der Waals surface area contributed by atoms with Crippen molar-refractivity contribution in [1.29, 1.82) is 0 Å². The van der Waals surface area contributed by atoms with Gasteiger partial charge in [0.1, 0.15) is 5.78 Å². The van der Waals surface area contributed by atoms with Gasteiger partial charge in [-0.15, -0.1) is 0 Å². The number of hydrogen-bond donors (Lipinski definition) is 0. The lowest BCUT2D eigenvalue weighted by Gasteiger charge is -2.10. The Bertz CT molecular complexity index is 341. The molecule has 0 radical (unpaired) electrons. The molecule has 2 fully saturated rings. The summed E-state index contributed by atoms with van der Waals surface area (Å²) in [4.78, 5) is 11.4. The normalized spacial score (nSPS) is 36.0. The van der Waals surface area contributed by atoms with Crippen molar-refractivity contribution in [1.82, 2.24) is 0 Å². The number of fused-ring (bicyclic) bond motifs is 1. The van der Waals surface area contributed by atoms with Gasteiger partial charge < -0.3 is 0 Å². The summed E-state index contributed by atoms with van der Waals surface area (Å²) in [5.41, 5.74) is 1.36. The number of benzene rings is 1. The molecule has 2 saturated carbocycles. The van der Waals surface area contributed by atoms with Crippen LogP contribution in [0.1, 0.15) is 24.3 Å². The molecule has 0 bridgehead atoms. The zero-order chi connectivity index (χ0) is 8.84. The maximum atomic E-state index is 11.4. The number of hydrogen-bond acceptors (Lipinski definition) is 1. The van der Waals surface area contributed by atoms with Crippen LogP contribution in [0, 0.1) is 11.8 Å². The minimum absolute atomic E-state index is 0.435. The Labute approximate surface area is 77.8 Å². The van der Waals surface area contributed by atoms with E-state index in [1.165, 1.54) is 5.56 Å². The van der Waals surface area contributed by atoms with E-state index >= 15 is 0 Å². The van der Waals surface area contributed by atoms with Crippen LogP contribution in [-0.4, -0.2) is 5.78 Å². The first-order valence-electron chi connectivity index (χ1n) is 4.94. The van der Waals surface area contributed by atoms with Gasteiger partial charge in [0.2, 0.25) is 0 Å². The fourth-order valence-corrected chi connectivity index (χ4v) is 2.61. The molecule has 0 spiro atoms. The third-order valence-corrected chi connectivity index (χ3v) is 3.42. The largest absolute Gasteiger partial charge is 0.299 e. The lowest BCUT2D eigenvalue weighted by Crippen LogP contribution is -2.00. The topological polar surface area (TPSA) is 17.1 Å². The van der Waals surface area contributed by atoms with E-state index in [1.54, 1.807) is 0 Å². The quantitative estimate of drug-likeness (QED) is 0.635. The predicted molar refractivity (Wildman–Crippen MR) is 50.4 cm³/mol. The Morgan fingerprint density at radius 3 is 2.38 bits per heavy atom. The highest BCUT2D eigenvalue weighted by Gasteiger charge is 2.54. The van der Waals surface area contributed by atoms with E-state index in [2.05, 4.69) is 24.3 Å². The summed E-state index contributed by atoms with van der Waals surface area (Å²) in [6.45, 7) is 0. The van der Waals surface area contributed by atoms with E-state index in [0.29, 0.717) is 23.5 Å². The molecule has 0 heterocycles. The molecule has 0 unspecified atom stereocenters. The molecule has 1 aromatic rings. The van der Waals surface area contributed by atoms with E-state index in [1.807, 2.05) is 6.07 Å². The molecule has 0 aromatic heterocycles. The standard InChI is InChI=1S/C12H12O/c13-12-7-9(10-6-11(10)12)8-4-2-1-3-5-8/h1-5,9-11H,6-7H2/t9-,10+,11+/m1/s1. The van der Waals surface area contributed by atoms with Crippen LogP contribution in [0.25, 0.3) is 0 Å². The van der Waals surface area contributed by atoms with Crippen LogP contribution in [0.2, 0.25) is 0 Å². The molecule has 66 valence electrons. The third kappa shape index (κ3) is 1.03. The van der Waals surface area contributed by atoms with E-state index in [4.69, 9.17) is 0 Å². The SMILES string of the molecule is O=C1C[C@H](c2ccccc2)[C@@H]2C[C@H]12. The number of rotatable bonds is 1. The van der Waals surface area contributed by atoms with Crippen molar-refractivity contribution in [2.75, 3.05) is 0 Å². The molecule has 1 nitrogen and oxygen atoms in total. The summed E-state index contributed by atoms with van der Waals surface area (Å²) in [5, 5.41) is 0. The second kappa shape index (κ2) is 2.44. The summed E-state index contributed by atoms with van der Waals surface area (Å²) in [6.07, 6.45) is 1.94. The predicted octanol–water partition coefficient (Wildman–Crippen LogP) is 2.38. The Hall–Kier alpha value is -1.11. The molecule has 1 heteroatoms. The van der Waals surface area contributed by atoms with Crippen LogP contribution in [0.3, 0.4) is 0 Å². The van der Waals surface area contributed by atoms with Gasteiger partial charge in [-0.05, 0) is 23.8 Å². The minimum atomic E-state index is 0.435. The molecule has 3 rings (SSSR count). The second-order valence-corrected chi connectivity index (χ2v) is 4.19. The summed E-state index contributed by atoms with van der Waals surface area (Å²) < 4.78 is 0. The Morgan fingerprint density at radius 2 is 1.85 bits per heavy atom. The first-order valence-corrected chi connectivity index (χ1v) is 4.94. The highest BCUT2D eigenvalue weighted by atomic mass is 16.1. The van der Waals surface area contributed by atoms with Crippen LogP contribution in [0.4, 0.5) is 0 Å². The molecule has 13 heavy (non-hydrogen) atoms. The molecule has 1 aromatic carbocycles. The van der Waals surface area contributed by atoms with Crippen molar-refractivity contribution in [3.8, 4) is 0 Å². The van der Waals surface area contributed by atoms with Crippen LogP contribution < -0.4 is 0 Å². The van der Waals surface area contributed by atoms with E-state index in [-0.39, 0.29) is 0 Å². The zero-order valence-electron chi connectivity index (χ0n) is 7.44. The Morgan fingerprint density at radius 1 is 1.08 bits per heavy atom. The molecule has 0 N–H and O–H groups in total. The maximum Gasteiger partial charge on any atom is 0.136 e. The summed E-state index contributed by atoms with van der Waals surface area (Å²) >= 11 is 0. The zero-order valence-corrected chi connectivity index (χ0v) is 7.44. The summed E-state index contributed by atoms with van der Waals surface area (Å²) in [5.74, 6) is 2.16. The molecular weight excluding hydrogens is 160 g/mol. The van der Waals surface area contributed by atoms with Crippen LogP contribution in [-0.2, 0) is 4.79 Å². The molecule has 0 amide bonds. The van der Waals surface area contributed by atoms with Gasteiger partial charge in [0, 0.05) is 12.3 Å². The smallest absolute Gasteiger partial charge is 0.136 e. The lowest BCUT2D eigenvalue weighted by atomic mass is 9.94. The van der Waals surface area contributed by atoms with E-state index in [0.717, 1.165) is 12.8 Å². The molecule has 0 saturated heterocycles. The molecule has 2 aliphatic rings.